The zero-order valence-electron chi connectivity index (χ0n) is 8.90. The van der Waals surface area contributed by atoms with Gasteiger partial charge in [-0.25, -0.2) is 0 Å². The third-order valence-electron chi connectivity index (χ3n) is 2.36. The van der Waals surface area contributed by atoms with Crippen LogP contribution in [-0.2, 0) is 0 Å². The average molecular weight is 199 g/mol. The van der Waals surface area contributed by atoms with Crippen LogP contribution in [0.4, 0.5) is 0 Å². The summed E-state index contributed by atoms with van der Waals surface area (Å²) in [6.45, 7) is 2.03. The van der Waals surface area contributed by atoms with E-state index < -0.39 is 0 Å². The Morgan fingerprint density at radius 1 is 1.07 bits per heavy atom. The lowest BCUT2D eigenvalue weighted by Gasteiger charge is -2.10. The van der Waals surface area contributed by atoms with E-state index in [0.29, 0.717) is 0 Å². The van der Waals surface area contributed by atoms with Crippen LogP contribution < -0.4 is 4.74 Å². The van der Waals surface area contributed by atoms with Crippen LogP contribution in [0.2, 0.25) is 0 Å². The zero-order chi connectivity index (χ0) is 10.7. The summed E-state index contributed by atoms with van der Waals surface area (Å²) in [4.78, 5) is 4.32. The minimum atomic E-state index is 0.899. The minimum Gasteiger partial charge on any atom is -0.496 e. The molecule has 0 atom stereocenters. The first-order valence-corrected chi connectivity index (χ1v) is 4.88. The highest BCUT2D eigenvalue weighted by Crippen LogP contribution is 2.30. The molecule has 0 fully saturated rings. The number of aryl methyl sites for hydroxylation is 1. The highest BCUT2D eigenvalue weighted by molar-refractivity contribution is 5.68. The molecular weight excluding hydrogens is 186 g/mol. The minimum absolute atomic E-state index is 0.899. The van der Waals surface area contributed by atoms with Crippen LogP contribution >= 0.6 is 0 Å². The first-order chi connectivity index (χ1) is 7.33. The van der Waals surface area contributed by atoms with Crippen molar-refractivity contribution in [1.29, 1.82) is 0 Å². The molecule has 2 rings (SSSR count). The summed E-state index contributed by atoms with van der Waals surface area (Å²) in [6.07, 6.45) is 1.79. The molecule has 0 unspecified atom stereocenters. The highest BCUT2D eigenvalue weighted by Gasteiger charge is 2.07. The summed E-state index contributed by atoms with van der Waals surface area (Å²) in [5.41, 5.74) is 3.11. The molecule has 0 saturated carbocycles. The number of methoxy groups -OCH3 is 1. The van der Waals surface area contributed by atoms with Gasteiger partial charge in [-0.15, -0.1) is 0 Å². The largest absolute Gasteiger partial charge is 0.496 e. The predicted octanol–water partition coefficient (Wildman–Crippen LogP) is 3.07. The maximum Gasteiger partial charge on any atom is 0.131 e. The monoisotopic (exact) mass is 199 g/mol. The maximum absolute atomic E-state index is 5.39. The smallest absolute Gasteiger partial charge is 0.131 e. The molecule has 76 valence electrons. The second-order valence-electron chi connectivity index (χ2n) is 3.37. The van der Waals surface area contributed by atoms with E-state index in [1.165, 1.54) is 0 Å². The number of rotatable bonds is 2. The van der Waals surface area contributed by atoms with Crippen molar-refractivity contribution in [1.82, 2.24) is 4.98 Å². The summed E-state index contributed by atoms with van der Waals surface area (Å²) in [5, 5.41) is 0. The van der Waals surface area contributed by atoms with Crippen molar-refractivity contribution in [2.45, 2.75) is 6.92 Å². The van der Waals surface area contributed by atoms with Gasteiger partial charge in [-0.1, -0.05) is 18.2 Å². The van der Waals surface area contributed by atoms with Crippen molar-refractivity contribution in [3.8, 4) is 17.0 Å². The van der Waals surface area contributed by atoms with Crippen molar-refractivity contribution in [3.05, 3.63) is 48.2 Å². The van der Waals surface area contributed by atoms with Gasteiger partial charge in [0.15, 0.2) is 0 Å². The van der Waals surface area contributed by atoms with Crippen LogP contribution in [0.25, 0.3) is 11.3 Å². The van der Waals surface area contributed by atoms with Crippen molar-refractivity contribution in [3.63, 3.8) is 0 Å². The summed E-state index contributed by atoms with van der Waals surface area (Å²) in [6, 6.07) is 11.9. The summed E-state index contributed by atoms with van der Waals surface area (Å²) < 4.78 is 5.39. The number of benzene rings is 1. The summed E-state index contributed by atoms with van der Waals surface area (Å²) in [7, 11) is 1.69. The first kappa shape index (κ1) is 9.71. The molecule has 2 aromatic rings. The van der Waals surface area contributed by atoms with Gasteiger partial charge in [0.1, 0.15) is 5.75 Å². The number of hydrogen-bond acceptors (Lipinski definition) is 2. The van der Waals surface area contributed by atoms with Gasteiger partial charge in [0.2, 0.25) is 0 Å². The molecule has 1 aromatic carbocycles. The molecule has 0 N–H and O–H groups in total. The molecule has 2 nitrogen and oxygen atoms in total. The fraction of sp³-hybridized carbons (Fsp3) is 0.154. The maximum atomic E-state index is 5.39. The van der Waals surface area contributed by atoms with Crippen LogP contribution in [0, 0.1) is 6.92 Å². The standard InChI is InChI=1S/C13H13NO/c1-10-6-5-7-11(13(10)15-2)12-8-3-4-9-14-12/h3-9H,1-2H3. The Kier molecular flexibility index (Phi) is 2.68. The van der Waals surface area contributed by atoms with E-state index in [2.05, 4.69) is 4.98 Å². The van der Waals surface area contributed by atoms with Crippen LogP contribution in [0.5, 0.6) is 5.75 Å². The molecule has 0 radical (unpaired) electrons. The van der Waals surface area contributed by atoms with Crippen molar-refractivity contribution >= 4 is 0 Å². The number of hydrogen-bond donors (Lipinski definition) is 0. The molecule has 1 aromatic heterocycles. The molecular formula is C13H13NO. The normalized spacial score (nSPS) is 10.0. The van der Waals surface area contributed by atoms with Gasteiger partial charge in [0.25, 0.3) is 0 Å². The van der Waals surface area contributed by atoms with E-state index >= 15 is 0 Å². The van der Waals surface area contributed by atoms with E-state index in [-0.39, 0.29) is 0 Å². The molecule has 1 heterocycles. The van der Waals surface area contributed by atoms with E-state index in [9.17, 15) is 0 Å². The van der Waals surface area contributed by atoms with Crippen molar-refractivity contribution in [2.24, 2.45) is 0 Å². The second-order valence-corrected chi connectivity index (χ2v) is 3.37. The highest BCUT2D eigenvalue weighted by atomic mass is 16.5. The fourth-order valence-corrected chi connectivity index (χ4v) is 1.65. The Hall–Kier alpha value is -1.83. The Morgan fingerprint density at radius 3 is 2.60 bits per heavy atom. The molecule has 15 heavy (non-hydrogen) atoms. The average Bonchev–Trinajstić information content (AvgIpc) is 2.30. The Bertz CT molecular complexity index is 451. The van der Waals surface area contributed by atoms with Gasteiger partial charge >= 0.3 is 0 Å². The topological polar surface area (TPSA) is 22.1 Å². The van der Waals surface area contributed by atoms with Crippen molar-refractivity contribution < 1.29 is 4.74 Å². The van der Waals surface area contributed by atoms with Gasteiger partial charge in [0, 0.05) is 11.8 Å². The predicted molar refractivity (Wildman–Crippen MR) is 61.0 cm³/mol. The first-order valence-electron chi connectivity index (χ1n) is 4.88. The molecule has 0 bridgehead atoms. The molecule has 0 amide bonds. The second kappa shape index (κ2) is 4.13. The number of para-hydroxylation sites is 1. The quantitative estimate of drug-likeness (QED) is 0.741. The van der Waals surface area contributed by atoms with Crippen LogP contribution in [-0.4, -0.2) is 12.1 Å². The van der Waals surface area contributed by atoms with Crippen LogP contribution in [0.1, 0.15) is 5.56 Å². The Balaban J connectivity index is 2.58. The molecule has 2 heteroatoms. The SMILES string of the molecule is COc1c(C)cccc1-c1ccccn1. The van der Waals surface area contributed by atoms with E-state index in [1.54, 1.807) is 13.3 Å². The van der Waals surface area contributed by atoms with Gasteiger partial charge in [-0.2, -0.15) is 0 Å². The van der Waals surface area contributed by atoms with Crippen LogP contribution in [0.3, 0.4) is 0 Å². The number of nitrogens with zero attached hydrogens (tertiary/aromatic N) is 1. The molecule has 0 aliphatic carbocycles. The Morgan fingerprint density at radius 2 is 1.93 bits per heavy atom. The number of ether oxygens (including phenoxy) is 1. The van der Waals surface area contributed by atoms with Gasteiger partial charge in [-0.05, 0) is 30.7 Å². The fourth-order valence-electron chi connectivity index (χ4n) is 1.65. The summed E-state index contributed by atoms with van der Waals surface area (Å²) >= 11 is 0. The lowest BCUT2D eigenvalue weighted by Crippen LogP contribution is -1.92. The number of aromatic nitrogens is 1. The van der Waals surface area contributed by atoms with E-state index in [0.717, 1.165) is 22.6 Å². The number of pyridine rings is 1. The van der Waals surface area contributed by atoms with Crippen molar-refractivity contribution in [2.75, 3.05) is 7.11 Å². The third kappa shape index (κ3) is 1.84. The van der Waals surface area contributed by atoms with Gasteiger partial charge in [0.05, 0.1) is 12.8 Å². The van der Waals surface area contributed by atoms with E-state index in [4.69, 9.17) is 4.74 Å². The molecule has 0 aliphatic rings. The van der Waals surface area contributed by atoms with Gasteiger partial charge < -0.3 is 4.74 Å². The lowest BCUT2D eigenvalue weighted by atomic mass is 10.1. The zero-order valence-corrected chi connectivity index (χ0v) is 8.90. The molecule has 0 spiro atoms. The molecule has 0 saturated heterocycles. The lowest BCUT2D eigenvalue weighted by molar-refractivity contribution is 0.413. The summed E-state index contributed by atoms with van der Waals surface area (Å²) in [5.74, 6) is 0.899. The van der Waals surface area contributed by atoms with Gasteiger partial charge in [-0.3, -0.25) is 4.98 Å². The molecule has 0 aliphatic heterocycles. The van der Waals surface area contributed by atoms with Crippen LogP contribution in [0.15, 0.2) is 42.6 Å². The third-order valence-corrected chi connectivity index (χ3v) is 2.36. The van der Waals surface area contributed by atoms with E-state index in [1.807, 2.05) is 43.3 Å². The Labute approximate surface area is 89.6 Å².